The number of hydrogen-bond donors (Lipinski definition) is 1. The molecule has 0 aliphatic carbocycles. The van der Waals surface area contributed by atoms with E-state index in [1.165, 1.54) is 16.4 Å². The second kappa shape index (κ2) is 12.0. The Kier molecular flexibility index (Phi) is 9.66. The van der Waals surface area contributed by atoms with E-state index in [9.17, 15) is 22.8 Å². The number of aryl methyl sites for hydroxylation is 1. The zero-order valence-electron chi connectivity index (χ0n) is 19.6. The van der Waals surface area contributed by atoms with Gasteiger partial charge in [-0.3, -0.25) is 4.79 Å². The molecule has 1 aromatic carbocycles. The average Bonchev–Trinajstić information content (AvgIpc) is 2.79. The monoisotopic (exact) mass is 483 g/mol. The number of carbonyl (C=O) groups excluding carboxylic acids is 3. The Balaban J connectivity index is 1.93. The van der Waals surface area contributed by atoms with E-state index in [1.54, 1.807) is 38.7 Å². The summed E-state index contributed by atoms with van der Waals surface area (Å²) in [4.78, 5) is 38.1. The molecule has 0 atom stereocenters. The van der Waals surface area contributed by atoms with Crippen LogP contribution in [0, 0.1) is 6.92 Å². The van der Waals surface area contributed by atoms with Crippen molar-refractivity contribution in [3.63, 3.8) is 0 Å². The van der Waals surface area contributed by atoms with Gasteiger partial charge in [0.25, 0.3) is 5.91 Å². The maximum Gasteiger partial charge on any atom is 0.409 e. The van der Waals surface area contributed by atoms with Crippen molar-refractivity contribution in [3.05, 3.63) is 29.3 Å². The first-order chi connectivity index (χ1) is 15.6. The molecule has 184 valence electrons. The van der Waals surface area contributed by atoms with Crippen LogP contribution in [0.15, 0.2) is 23.1 Å². The molecule has 1 fully saturated rings. The van der Waals surface area contributed by atoms with Gasteiger partial charge < -0.3 is 19.7 Å². The summed E-state index contributed by atoms with van der Waals surface area (Å²) >= 11 is 0. The van der Waals surface area contributed by atoms with E-state index in [0.29, 0.717) is 51.2 Å². The fourth-order valence-corrected chi connectivity index (χ4v) is 5.08. The lowest BCUT2D eigenvalue weighted by Crippen LogP contribution is -2.47. The van der Waals surface area contributed by atoms with E-state index in [2.05, 4.69) is 5.32 Å². The van der Waals surface area contributed by atoms with Crippen LogP contribution in [-0.4, -0.2) is 81.0 Å². The number of hydrogen-bond acceptors (Lipinski definition) is 7. The molecule has 1 aliphatic heterocycles. The fraction of sp³-hybridized carbons (Fsp3) is 0.591. The van der Waals surface area contributed by atoms with Crippen molar-refractivity contribution in [2.45, 2.75) is 51.5 Å². The Hall–Kier alpha value is -2.66. The van der Waals surface area contributed by atoms with Gasteiger partial charge in [-0.2, -0.15) is 4.31 Å². The highest BCUT2D eigenvalue weighted by molar-refractivity contribution is 7.89. The van der Waals surface area contributed by atoms with Gasteiger partial charge in [0.1, 0.15) is 0 Å². The van der Waals surface area contributed by atoms with Gasteiger partial charge in [0.05, 0.1) is 17.1 Å². The topological polar surface area (TPSA) is 122 Å². The molecule has 1 heterocycles. The van der Waals surface area contributed by atoms with Crippen LogP contribution in [0.2, 0.25) is 0 Å². The lowest BCUT2D eigenvalue weighted by Gasteiger charge is -2.31. The quantitative estimate of drug-likeness (QED) is 0.533. The lowest BCUT2D eigenvalue weighted by atomic mass is 10.1. The van der Waals surface area contributed by atoms with Crippen molar-refractivity contribution in [2.24, 2.45) is 0 Å². The minimum Gasteiger partial charge on any atom is -0.452 e. The Labute approximate surface area is 195 Å². The third-order valence-corrected chi connectivity index (χ3v) is 7.54. The van der Waals surface area contributed by atoms with Crippen LogP contribution in [0.4, 0.5) is 4.79 Å². The van der Waals surface area contributed by atoms with Gasteiger partial charge in [-0.1, -0.05) is 19.9 Å². The second-order valence-corrected chi connectivity index (χ2v) is 9.61. The molecular weight excluding hydrogens is 450 g/mol. The highest BCUT2D eigenvalue weighted by atomic mass is 32.2. The van der Waals surface area contributed by atoms with E-state index >= 15 is 0 Å². The molecule has 2 rings (SSSR count). The molecular formula is C22H33N3O7S. The minimum atomic E-state index is -3.73. The number of nitrogens with zero attached hydrogens (tertiary/aromatic N) is 2. The van der Waals surface area contributed by atoms with Crippen LogP contribution >= 0.6 is 0 Å². The summed E-state index contributed by atoms with van der Waals surface area (Å²) < 4.78 is 36.9. The summed E-state index contributed by atoms with van der Waals surface area (Å²) in [5.74, 6) is -1.22. The number of sulfonamides is 1. The molecule has 10 nitrogen and oxygen atoms in total. The van der Waals surface area contributed by atoms with Crippen molar-refractivity contribution < 1.29 is 32.3 Å². The molecule has 1 N–H and O–H groups in total. The van der Waals surface area contributed by atoms with Gasteiger partial charge in [-0.25, -0.2) is 18.0 Å². The molecule has 1 saturated heterocycles. The number of rotatable bonds is 9. The van der Waals surface area contributed by atoms with Crippen LogP contribution in [0.5, 0.6) is 0 Å². The smallest absolute Gasteiger partial charge is 0.409 e. The van der Waals surface area contributed by atoms with Gasteiger partial charge in [0.15, 0.2) is 6.61 Å². The zero-order valence-corrected chi connectivity index (χ0v) is 20.4. The highest BCUT2D eigenvalue weighted by Gasteiger charge is 2.26. The first kappa shape index (κ1) is 26.6. The number of esters is 1. The summed E-state index contributed by atoms with van der Waals surface area (Å²) in [5, 5.41) is 2.80. The standard InChI is InChI=1S/C22H33N3O7S/c1-5-25(6-2)33(29,30)18-9-8-16(4)19(14-18)21(27)32-15-20(26)23-17-10-12-24(13-11-17)22(28)31-7-3/h8-9,14,17H,5-7,10-13,15H2,1-4H3,(H,23,26). The Morgan fingerprint density at radius 3 is 2.30 bits per heavy atom. The van der Waals surface area contributed by atoms with Crippen LogP contribution < -0.4 is 5.32 Å². The molecule has 0 radical (unpaired) electrons. The second-order valence-electron chi connectivity index (χ2n) is 7.67. The summed E-state index contributed by atoms with van der Waals surface area (Å²) in [6.07, 6.45) is 0.781. The molecule has 11 heteroatoms. The van der Waals surface area contributed by atoms with E-state index < -0.39 is 28.5 Å². The maximum absolute atomic E-state index is 12.7. The molecule has 33 heavy (non-hydrogen) atoms. The summed E-state index contributed by atoms with van der Waals surface area (Å²) in [5.41, 5.74) is 0.643. The van der Waals surface area contributed by atoms with E-state index in [-0.39, 0.29) is 22.6 Å². The third kappa shape index (κ3) is 6.91. The number of amides is 2. The Morgan fingerprint density at radius 1 is 1.09 bits per heavy atom. The molecule has 1 aliphatic rings. The molecule has 0 saturated carbocycles. The van der Waals surface area contributed by atoms with Gasteiger partial charge in [0.2, 0.25) is 10.0 Å². The van der Waals surface area contributed by atoms with Gasteiger partial charge in [-0.15, -0.1) is 0 Å². The summed E-state index contributed by atoms with van der Waals surface area (Å²) in [6, 6.07) is 4.15. The van der Waals surface area contributed by atoms with Crippen LogP contribution in [0.25, 0.3) is 0 Å². The molecule has 2 amide bonds. The largest absolute Gasteiger partial charge is 0.452 e. The number of benzene rings is 1. The van der Waals surface area contributed by atoms with E-state index in [4.69, 9.17) is 9.47 Å². The normalized spacial score (nSPS) is 14.8. The van der Waals surface area contributed by atoms with Crippen molar-refractivity contribution >= 4 is 28.0 Å². The van der Waals surface area contributed by atoms with Crippen LogP contribution in [0.1, 0.15) is 49.5 Å². The molecule has 1 aromatic rings. The average molecular weight is 484 g/mol. The third-order valence-electron chi connectivity index (χ3n) is 5.49. The Morgan fingerprint density at radius 2 is 1.73 bits per heavy atom. The predicted molar refractivity (Wildman–Crippen MR) is 121 cm³/mol. The summed E-state index contributed by atoms with van der Waals surface area (Å²) in [6.45, 7) is 8.28. The lowest BCUT2D eigenvalue weighted by molar-refractivity contribution is -0.125. The number of carbonyl (C=O) groups is 3. The van der Waals surface area contributed by atoms with Gasteiger partial charge in [-0.05, 0) is 44.4 Å². The minimum absolute atomic E-state index is 0.00145. The first-order valence-electron chi connectivity index (χ1n) is 11.1. The number of likely N-dealkylation sites (tertiary alicyclic amines) is 1. The first-order valence-corrected chi connectivity index (χ1v) is 12.6. The van der Waals surface area contributed by atoms with Crippen LogP contribution in [0.3, 0.4) is 0 Å². The molecule has 0 unspecified atom stereocenters. The van der Waals surface area contributed by atoms with Crippen LogP contribution in [-0.2, 0) is 24.3 Å². The van der Waals surface area contributed by atoms with E-state index in [0.717, 1.165) is 0 Å². The van der Waals surface area contributed by atoms with Crippen molar-refractivity contribution in [1.82, 2.24) is 14.5 Å². The van der Waals surface area contributed by atoms with Crippen molar-refractivity contribution in [3.8, 4) is 0 Å². The number of nitrogens with one attached hydrogen (secondary N) is 1. The van der Waals surface area contributed by atoms with Gasteiger partial charge >= 0.3 is 12.1 Å². The molecule has 0 bridgehead atoms. The Bertz CT molecular complexity index is 953. The predicted octanol–water partition coefficient (Wildman–Crippen LogP) is 1.92. The summed E-state index contributed by atoms with van der Waals surface area (Å²) in [7, 11) is -3.73. The van der Waals surface area contributed by atoms with Gasteiger partial charge in [0, 0.05) is 32.2 Å². The number of ether oxygens (including phenoxy) is 2. The SMILES string of the molecule is CCOC(=O)N1CCC(NC(=O)COC(=O)c2cc(S(=O)(=O)N(CC)CC)ccc2C)CC1. The van der Waals surface area contributed by atoms with Crippen molar-refractivity contribution in [2.75, 3.05) is 39.4 Å². The maximum atomic E-state index is 12.7. The highest BCUT2D eigenvalue weighted by Crippen LogP contribution is 2.20. The number of piperidine rings is 1. The van der Waals surface area contributed by atoms with Crippen molar-refractivity contribution in [1.29, 1.82) is 0 Å². The molecule has 0 spiro atoms. The fourth-order valence-electron chi connectivity index (χ4n) is 3.59. The molecule has 0 aromatic heterocycles. The zero-order chi connectivity index (χ0) is 24.6. The van der Waals surface area contributed by atoms with E-state index in [1.807, 2.05) is 0 Å².